The Bertz CT molecular complexity index is 792. The fourth-order valence-corrected chi connectivity index (χ4v) is 3.13. The molecule has 7 heteroatoms. The standard InChI is InChI=1S/C22H29BrN2O4/c1-4-17(13-26)24-12-16-10-20(28-5-2)21(11-19(16)23)29-14-22(27)25-18-8-6-15(3)7-9-18/h6-11,17,24,26H,4-5,12-14H2,1-3H3,(H,25,27). The molecule has 29 heavy (non-hydrogen) atoms. The number of anilines is 1. The second-order valence-electron chi connectivity index (χ2n) is 6.69. The largest absolute Gasteiger partial charge is 0.490 e. The molecule has 2 aromatic carbocycles. The Morgan fingerprint density at radius 1 is 1.14 bits per heavy atom. The number of hydrogen-bond donors (Lipinski definition) is 3. The van der Waals surface area contributed by atoms with Gasteiger partial charge in [-0.25, -0.2) is 0 Å². The van der Waals surface area contributed by atoms with E-state index in [1.807, 2.05) is 51.1 Å². The molecule has 0 fully saturated rings. The van der Waals surface area contributed by atoms with Crippen LogP contribution < -0.4 is 20.1 Å². The molecule has 0 aliphatic rings. The molecule has 3 N–H and O–H groups in total. The molecule has 0 heterocycles. The SMILES string of the molecule is CCOc1cc(CNC(CC)CO)c(Br)cc1OCC(=O)Nc1ccc(C)cc1. The number of carbonyl (C=O) groups is 1. The number of aliphatic hydroxyl groups excluding tert-OH is 1. The number of rotatable bonds is 11. The molecule has 0 aliphatic carbocycles. The van der Waals surface area contributed by atoms with Crippen LogP contribution in [0.1, 0.15) is 31.4 Å². The van der Waals surface area contributed by atoms with Gasteiger partial charge in [0, 0.05) is 22.7 Å². The van der Waals surface area contributed by atoms with Gasteiger partial charge in [0.2, 0.25) is 0 Å². The van der Waals surface area contributed by atoms with Crippen molar-refractivity contribution >= 4 is 27.5 Å². The maximum absolute atomic E-state index is 12.2. The Balaban J connectivity index is 2.03. The van der Waals surface area contributed by atoms with Crippen molar-refractivity contribution < 1.29 is 19.4 Å². The summed E-state index contributed by atoms with van der Waals surface area (Å²) in [6, 6.07) is 11.3. The molecule has 0 radical (unpaired) electrons. The van der Waals surface area contributed by atoms with Crippen molar-refractivity contribution in [3.63, 3.8) is 0 Å². The number of aryl methyl sites for hydroxylation is 1. The number of benzene rings is 2. The summed E-state index contributed by atoms with van der Waals surface area (Å²) in [6.07, 6.45) is 0.837. The number of nitrogens with one attached hydrogen (secondary N) is 2. The summed E-state index contributed by atoms with van der Waals surface area (Å²) in [5.41, 5.74) is 2.84. The van der Waals surface area contributed by atoms with Crippen molar-refractivity contribution in [2.45, 2.75) is 39.8 Å². The van der Waals surface area contributed by atoms with Gasteiger partial charge in [0.25, 0.3) is 5.91 Å². The first-order chi connectivity index (χ1) is 14.0. The maximum atomic E-state index is 12.2. The zero-order valence-electron chi connectivity index (χ0n) is 17.1. The quantitative estimate of drug-likeness (QED) is 0.467. The van der Waals surface area contributed by atoms with E-state index in [0.717, 1.165) is 27.7 Å². The van der Waals surface area contributed by atoms with E-state index in [0.29, 0.717) is 24.7 Å². The molecular formula is C22H29BrN2O4. The predicted octanol–water partition coefficient (Wildman–Crippen LogP) is 4.03. The highest BCUT2D eigenvalue weighted by atomic mass is 79.9. The number of ether oxygens (including phenoxy) is 2. The summed E-state index contributed by atoms with van der Waals surface area (Å²) in [5.74, 6) is 0.829. The summed E-state index contributed by atoms with van der Waals surface area (Å²) in [4.78, 5) is 12.2. The van der Waals surface area contributed by atoms with E-state index < -0.39 is 0 Å². The molecular weight excluding hydrogens is 436 g/mol. The van der Waals surface area contributed by atoms with Crippen LogP contribution in [0.15, 0.2) is 40.9 Å². The first-order valence-electron chi connectivity index (χ1n) is 9.75. The lowest BCUT2D eigenvalue weighted by atomic mass is 10.1. The molecule has 0 saturated heterocycles. The van der Waals surface area contributed by atoms with E-state index in [4.69, 9.17) is 9.47 Å². The van der Waals surface area contributed by atoms with Crippen molar-refractivity contribution in [1.82, 2.24) is 5.32 Å². The van der Waals surface area contributed by atoms with Gasteiger partial charge in [-0.3, -0.25) is 4.79 Å². The zero-order chi connectivity index (χ0) is 21.2. The van der Waals surface area contributed by atoms with Crippen LogP contribution in [0.4, 0.5) is 5.69 Å². The zero-order valence-corrected chi connectivity index (χ0v) is 18.7. The third kappa shape index (κ3) is 7.34. The fourth-order valence-electron chi connectivity index (χ4n) is 2.66. The van der Waals surface area contributed by atoms with Crippen molar-refractivity contribution in [2.24, 2.45) is 0 Å². The molecule has 158 valence electrons. The van der Waals surface area contributed by atoms with Crippen molar-refractivity contribution in [1.29, 1.82) is 0 Å². The maximum Gasteiger partial charge on any atom is 0.262 e. The molecule has 1 amide bonds. The van der Waals surface area contributed by atoms with Crippen molar-refractivity contribution in [3.05, 3.63) is 52.0 Å². The topological polar surface area (TPSA) is 79.8 Å². The molecule has 0 bridgehead atoms. The highest BCUT2D eigenvalue weighted by Crippen LogP contribution is 2.34. The van der Waals surface area contributed by atoms with E-state index in [-0.39, 0.29) is 25.2 Å². The Kier molecular flexibility index (Phi) is 9.44. The van der Waals surface area contributed by atoms with E-state index in [9.17, 15) is 9.90 Å². The van der Waals surface area contributed by atoms with Crippen molar-refractivity contribution in [2.75, 3.05) is 25.1 Å². The van der Waals surface area contributed by atoms with Crippen molar-refractivity contribution in [3.8, 4) is 11.5 Å². The first kappa shape index (κ1) is 23.2. The highest BCUT2D eigenvalue weighted by molar-refractivity contribution is 9.10. The fraction of sp³-hybridized carbons (Fsp3) is 0.409. The van der Waals surface area contributed by atoms with Gasteiger partial charge in [-0.05, 0) is 50.1 Å². The average Bonchev–Trinajstić information content (AvgIpc) is 2.71. The summed E-state index contributed by atoms with van der Waals surface area (Å²) >= 11 is 3.56. The van der Waals surface area contributed by atoms with Crippen LogP contribution in [0, 0.1) is 6.92 Å². The minimum absolute atomic E-state index is 0.0406. The van der Waals surface area contributed by atoms with Crippen LogP contribution in [0.25, 0.3) is 0 Å². The third-order valence-corrected chi connectivity index (χ3v) is 5.14. The Morgan fingerprint density at radius 3 is 2.45 bits per heavy atom. The number of carbonyl (C=O) groups excluding carboxylic acids is 1. The van der Waals surface area contributed by atoms with Crippen LogP contribution in [-0.4, -0.2) is 36.9 Å². The molecule has 0 aliphatic heterocycles. The lowest BCUT2D eigenvalue weighted by Crippen LogP contribution is -2.31. The van der Waals surface area contributed by atoms with E-state index in [1.165, 1.54) is 0 Å². The van der Waals surface area contributed by atoms with Crippen LogP contribution in [-0.2, 0) is 11.3 Å². The first-order valence-corrected chi connectivity index (χ1v) is 10.5. The van der Waals surface area contributed by atoms with Gasteiger partial charge in [0.15, 0.2) is 18.1 Å². The Labute approximate surface area is 180 Å². The molecule has 2 aromatic rings. The summed E-state index contributed by atoms with van der Waals surface area (Å²) < 4.78 is 12.3. The second kappa shape index (κ2) is 11.8. The van der Waals surface area contributed by atoms with Crippen LogP contribution in [0.2, 0.25) is 0 Å². The van der Waals surface area contributed by atoms with Gasteiger partial charge >= 0.3 is 0 Å². The van der Waals surface area contributed by atoms with Crippen LogP contribution in [0.5, 0.6) is 11.5 Å². The predicted molar refractivity (Wildman–Crippen MR) is 119 cm³/mol. The van der Waals surface area contributed by atoms with Crippen LogP contribution in [0.3, 0.4) is 0 Å². The van der Waals surface area contributed by atoms with E-state index in [2.05, 4.69) is 26.6 Å². The van der Waals surface area contributed by atoms with Gasteiger partial charge in [0.05, 0.1) is 13.2 Å². The number of amides is 1. The molecule has 1 unspecified atom stereocenters. The molecule has 6 nitrogen and oxygen atoms in total. The lowest BCUT2D eigenvalue weighted by Gasteiger charge is -2.17. The molecule has 1 atom stereocenters. The monoisotopic (exact) mass is 464 g/mol. The Hall–Kier alpha value is -2.09. The highest BCUT2D eigenvalue weighted by Gasteiger charge is 2.14. The molecule has 0 aromatic heterocycles. The molecule has 0 saturated carbocycles. The molecule has 0 spiro atoms. The minimum Gasteiger partial charge on any atom is -0.490 e. The van der Waals surface area contributed by atoms with Crippen LogP contribution >= 0.6 is 15.9 Å². The summed E-state index contributed by atoms with van der Waals surface area (Å²) in [5, 5.41) is 15.5. The van der Waals surface area contributed by atoms with Gasteiger partial charge in [-0.15, -0.1) is 0 Å². The smallest absolute Gasteiger partial charge is 0.262 e. The summed E-state index contributed by atoms with van der Waals surface area (Å²) in [6.45, 7) is 6.93. The summed E-state index contributed by atoms with van der Waals surface area (Å²) in [7, 11) is 0. The second-order valence-corrected chi connectivity index (χ2v) is 7.55. The van der Waals surface area contributed by atoms with Gasteiger partial charge < -0.3 is 25.2 Å². The van der Waals surface area contributed by atoms with E-state index in [1.54, 1.807) is 6.07 Å². The number of aliphatic hydroxyl groups is 1. The number of halogens is 1. The molecule has 2 rings (SSSR count). The number of hydrogen-bond acceptors (Lipinski definition) is 5. The van der Waals surface area contributed by atoms with E-state index >= 15 is 0 Å². The minimum atomic E-state index is -0.244. The average molecular weight is 465 g/mol. The van der Waals surface area contributed by atoms with Gasteiger partial charge in [-0.2, -0.15) is 0 Å². The lowest BCUT2D eigenvalue weighted by molar-refractivity contribution is -0.118. The Morgan fingerprint density at radius 2 is 1.83 bits per heavy atom. The third-order valence-electron chi connectivity index (χ3n) is 4.40. The van der Waals surface area contributed by atoms with Gasteiger partial charge in [0.1, 0.15) is 0 Å². The normalized spacial score (nSPS) is 11.8. The van der Waals surface area contributed by atoms with Gasteiger partial charge in [-0.1, -0.05) is 40.5 Å².